The fourth-order valence-electron chi connectivity index (χ4n) is 3.33. The Morgan fingerprint density at radius 1 is 1.03 bits per heavy atom. The van der Waals surface area contributed by atoms with Gasteiger partial charge < -0.3 is 15.4 Å². The number of nitrogens with zero attached hydrogens (tertiary/aromatic N) is 1. The van der Waals surface area contributed by atoms with Crippen LogP contribution in [0, 0.1) is 20.8 Å². The highest BCUT2D eigenvalue weighted by Gasteiger charge is 2.31. The summed E-state index contributed by atoms with van der Waals surface area (Å²) in [6.07, 6.45) is 0.210. The minimum absolute atomic E-state index is 0.105. The zero-order valence-corrected chi connectivity index (χ0v) is 19.5. The van der Waals surface area contributed by atoms with Crippen LogP contribution in [0.3, 0.4) is 0 Å². The molecule has 0 saturated heterocycles. The number of benzene rings is 2. The van der Waals surface area contributed by atoms with Gasteiger partial charge in [-0.15, -0.1) is 0 Å². The summed E-state index contributed by atoms with van der Waals surface area (Å²) in [7, 11) is -5.68. The Hall–Kier alpha value is -2.20. The summed E-state index contributed by atoms with van der Waals surface area (Å²) in [5, 5.41) is 22.1. The van der Waals surface area contributed by atoms with Crippen molar-refractivity contribution < 1.29 is 23.3 Å². The van der Waals surface area contributed by atoms with Gasteiger partial charge in [0.1, 0.15) is 0 Å². The maximum absolute atomic E-state index is 13.1. The number of carbonyl (C=O) groups is 1. The van der Waals surface area contributed by atoms with Gasteiger partial charge in [0.15, 0.2) is 0 Å². The fraction of sp³-hybridized carbons (Fsp3) is 0.409. The molecular formula is C22H31BN2O5S. The predicted molar refractivity (Wildman–Crippen MR) is 122 cm³/mol. The van der Waals surface area contributed by atoms with Crippen LogP contribution in [0.4, 0.5) is 0 Å². The standard InChI is InChI=1S/C22H31BN2O5S/c1-15(2)25(31(29,30)20-10-7-16(3)8-11-20)14-22(26)24-21(23(27)28)13-19-9-6-17(4)12-18(19)5/h6-12,15,21,27-28H,13-14H2,1-5H3,(H,24,26). The van der Waals surface area contributed by atoms with E-state index in [2.05, 4.69) is 5.32 Å². The number of hydrogen-bond donors (Lipinski definition) is 3. The first kappa shape index (κ1) is 25.1. The minimum atomic E-state index is -3.89. The van der Waals surface area contributed by atoms with Crippen molar-refractivity contribution in [2.75, 3.05) is 6.54 Å². The van der Waals surface area contributed by atoms with Gasteiger partial charge in [-0.1, -0.05) is 41.5 Å². The summed E-state index contributed by atoms with van der Waals surface area (Å²) >= 11 is 0. The van der Waals surface area contributed by atoms with Crippen LogP contribution in [-0.2, 0) is 21.2 Å². The third kappa shape index (κ3) is 6.64. The first-order chi connectivity index (χ1) is 14.4. The Morgan fingerprint density at radius 3 is 2.13 bits per heavy atom. The van der Waals surface area contributed by atoms with Crippen molar-refractivity contribution >= 4 is 23.0 Å². The van der Waals surface area contributed by atoms with Gasteiger partial charge >= 0.3 is 7.12 Å². The van der Waals surface area contributed by atoms with E-state index in [1.807, 2.05) is 39.0 Å². The van der Waals surface area contributed by atoms with Crippen LogP contribution in [0.25, 0.3) is 0 Å². The average Bonchev–Trinajstić information content (AvgIpc) is 2.67. The van der Waals surface area contributed by atoms with E-state index in [0.717, 1.165) is 26.6 Å². The molecule has 0 aromatic heterocycles. The Kier molecular flexibility index (Phi) is 8.42. The summed E-state index contributed by atoms with van der Waals surface area (Å²) in [6, 6.07) is 11.7. The quantitative estimate of drug-likeness (QED) is 0.509. The normalized spacial score (nSPS) is 12.8. The van der Waals surface area contributed by atoms with Gasteiger partial charge in [0, 0.05) is 6.04 Å². The SMILES string of the molecule is Cc1ccc(S(=O)(=O)N(CC(=O)NC(Cc2ccc(C)cc2C)B(O)O)C(C)C)cc1. The number of carbonyl (C=O) groups excluding carboxylic acids is 1. The van der Waals surface area contributed by atoms with E-state index < -0.39 is 41.6 Å². The van der Waals surface area contributed by atoms with E-state index >= 15 is 0 Å². The zero-order valence-electron chi connectivity index (χ0n) is 18.7. The summed E-state index contributed by atoms with van der Waals surface area (Å²) in [4.78, 5) is 12.8. The fourth-order valence-corrected chi connectivity index (χ4v) is 4.92. The van der Waals surface area contributed by atoms with E-state index in [1.54, 1.807) is 26.0 Å². The number of sulfonamides is 1. The molecule has 2 aromatic carbocycles. The molecule has 1 atom stereocenters. The Labute approximate surface area is 185 Å². The largest absolute Gasteiger partial charge is 0.475 e. The maximum atomic E-state index is 13.1. The third-order valence-electron chi connectivity index (χ3n) is 5.15. The van der Waals surface area contributed by atoms with E-state index in [-0.39, 0.29) is 11.3 Å². The summed E-state index contributed by atoms with van der Waals surface area (Å²) < 4.78 is 27.2. The lowest BCUT2D eigenvalue weighted by Crippen LogP contribution is -2.52. The molecule has 3 N–H and O–H groups in total. The van der Waals surface area contributed by atoms with Crippen LogP contribution in [0.1, 0.15) is 36.1 Å². The molecule has 0 spiro atoms. The second kappa shape index (κ2) is 10.4. The number of hydrogen-bond acceptors (Lipinski definition) is 5. The first-order valence-corrected chi connectivity index (χ1v) is 11.7. The predicted octanol–water partition coefficient (Wildman–Crippen LogP) is 1.75. The van der Waals surface area contributed by atoms with E-state index in [0.29, 0.717) is 0 Å². The highest BCUT2D eigenvalue weighted by atomic mass is 32.2. The molecule has 0 aliphatic heterocycles. The number of rotatable bonds is 9. The summed E-state index contributed by atoms with van der Waals surface area (Å²) in [6.45, 7) is 8.69. The molecule has 0 aliphatic rings. The molecule has 0 aliphatic carbocycles. The molecule has 0 bridgehead atoms. The Balaban J connectivity index is 2.17. The highest BCUT2D eigenvalue weighted by Crippen LogP contribution is 2.19. The molecule has 2 aromatic rings. The van der Waals surface area contributed by atoms with Crippen LogP contribution < -0.4 is 5.32 Å². The van der Waals surface area contributed by atoms with Crippen molar-refractivity contribution in [2.24, 2.45) is 0 Å². The van der Waals surface area contributed by atoms with E-state index in [4.69, 9.17) is 0 Å². The first-order valence-electron chi connectivity index (χ1n) is 10.2. The van der Waals surface area contributed by atoms with Crippen LogP contribution in [0.5, 0.6) is 0 Å². The minimum Gasteiger partial charge on any atom is -0.426 e. The second-order valence-electron chi connectivity index (χ2n) is 8.18. The van der Waals surface area contributed by atoms with Gasteiger partial charge in [-0.3, -0.25) is 4.79 Å². The average molecular weight is 446 g/mol. The molecule has 1 amide bonds. The topological polar surface area (TPSA) is 107 Å². The molecule has 31 heavy (non-hydrogen) atoms. The molecule has 0 heterocycles. The van der Waals surface area contributed by atoms with Gasteiger partial charge in [-0.05, 0) is 64.3 Å². The van der Waals surface area contributed by atoms with Crippen LogP contribution in [0.15, 0.2) is 47.4 Å². The van der Waals surface area contributed by atoms with Crippen LogP contribution >= 0.6 is 0 Å². The molecule has 168 valence electrons. The lowest BCUT2D eigenvalue weighted by Gasteiger charge is -2.27. The van der Waals surface area contributed by atoms with Gasteiger partial charge in [0.05, 0.1) is 17.4 Å². The van der Waals surface area contributed by atoms with Gasteiger partial charge in [-0.2, -0.15) is 4.31 Å². The van der Waals surface area contributed by atoms with Crippen molar-refractivity contribution in [3.8, 4) is 0 Å². The van der Waals surface area contributed by atoms with Crippen molar-refractivity contribution in [2.45, 2.75) is 57.9 Å². The van der Waals surface area contributed by atoms with Gasteiger partial charge in [0.25, 0.3) is 0 Å². The third-order valence-corrected chi connectivity index (χ3v) is 7.18. The lowest BCUT2D eigenvalue weighted by atomic mass is 9.75. The number of amides is 1. The van der Waals surface area contributed by atoms with Crippen LogP contribution in [-0.4, -0.2) is 54.3 Å². The van der Waals surface area contributed by atoms with Crippen molar-refractivity contribution in [3.63, 3.8) is 0 Å². The summed E-state index contributed by atoms with van der Waals surface area (Å²) in [5.74, 6) is -1.57. The Morgan fingerprint density at radius 2 is 1.61 bits per heavy atom. The number of nitrogens with one attached hydrogen (secondary N) is 1. The van der Waals surface area contributed by atoms with Crippen LogP contribution in [0.2, 0.25) is 0 Å². The molecule has 9 heteroatoms. The zero-order chi connectivity index (χ0) is 23.3. The number of aryl methyl sites for hydroxylation is 3. The molecule has 7 nitrogen and oxygen atoms in total. The van der Waals surface area contributed by atoms with E-state index in [1.165, 1.54) is 12.1 Å². The van der Waals surface area contributed by atoms with E-state index in [9.17, 15) is 23.3 Å². The van der Waals surface area contributed by atoms with Gasteiger partial charge in [0.2, 0.25) is 15.9 Å². The van der Waals surface area contributed by atoms with Gasteiger partial charge in [-0.25, -0.2) is 8.42 Å². The molecule has 2 rings (SSSR count). The molecule has 1 unspecified atom stereocenters. The molecular weight excluding hydrogens is 415 g/mol. The van der Waals surface area contributed by atoms with Crippen molar-refractivity contribution in [3.05, 3.63) is 64.7 Å². The molecule has 0 radical (unpaired) electrons. The smallest absolute Gasteiger partial charge is 0.426 e. The lowest BCUT2D eigenvalue weighted by molar-refractivity contribution is -0.122. The molecule has 0 saturated carbocycles. The summed E-state index contributed by atoms with van der Waals surface area (Å²) in [5.41, 5.74) is 3.86. The maximum Gasteiger partial charge on any atom is 0.475 e. The van der Waals surface area contributed by atoms with Crippen molar-refractivity contribution in [1.82, 2.24) is 9.62 Å². The Bertz CT molecular complexity index is 1010. The van der Waals surface area contributed by atoms with Crippen molar-refractivity contribution in [1.29, 1.82) is 0 Å². The second-order valence-corrected chi connectivity index (χ2v) is 10.1. The monoisotopic (exact) mass is 446 g/mol. The highest BCUT2D eigenvalue weighted by molar-refractivity contribution is 7.89. The molecule has 0 fully saturated rings.